The number of fused-ring (bicyclic) bond motifs is 6. The Hall–Kier alpha value is -5.43. The molecule has 0 aliphatic carbocycles. The molecule has 0 aromatic heterocycles. The number of hydrogen-bond donors (Lipinski definition) is 0. The topological polar surface area (TPSA) is 55.4 Å². The summed E-state index contributed by atoms with van der Waals surface area (Å²) in [7, 11) is 0. The van der Waals surface area contributed by atoms with Gasteiger partial charge in [0, 0.05) is 19.3 Å². The lowest BCUT2D eigenvalue weighted by Gasteiger charge is -2.33. The summed E-state index contributed by atoms with van der Waals surface area (Å²) < 4.78 is 409. The summed E-state index contributed by atoms with van der Waals surface area (Å²) in [4.78, 5) is 0. The average molecular weight is 1400 g/mol. The summed E-state index contributed by atoms with van der Waals surface area (Å²) in [6.45, 7) is 1.71. The first-order valence-corrected chi connectivity index (χ1v) is 29.7. The average Bonchev–Trinajstić information content (AvgIpc) is 0.754. The first-order chi connectivity index (χ1) is 42.8. The molecule has 0 aliphatic heterocycles. The molecule has 93 heavy (non-hydrogen) atoms. The van der Waals surface area contributed by atoms with Gasteiger partial charge in [-0.3, -0.25) is 0 Å². The third-order valence-corrected chi connectivity index (χ3v) is 14.9. The fraction of sp³-hybridized carbons (Fsp3) is 0.700. The van der Waals surface area contributed by atoms with E-state index in [2.05, 4.69) is 0 Å². The molecular weight excluding hydrogens is 1330 g/mol. The molecule has 4 aromatic rings. The van der Waals surface area contributed by atoms with E-state index in [4.69, 9.17) is 28.4 Å². The van der Waals surface area contributed by atoms with Gasteiger partial charge < -0.3 is 28.4 Å². The number of unbranched alkanes of at least 4 members (excludes halogenated alkanes) is 12. The van der Waals surface area contributed by atoms with Gasteiger partial charge in [-0.2, -0.15) is 119 Å². The predicted molar refractivity (Wildman–Crippen MR) is 289 cm³/mol. The number of benzene rings is 4. The monoisotopic (exact) mass is 1400 g/mol. The Labute approximate surface area is 516 Å². The molecule has 0 spiro atoms. The highest BCUT2D eigenvalue weighted by Crippen LogP contribution is 2.58. The summed E-state index contributed by atoms with van der Waals surface area (Å²) in [5.41, 5.74) is 0. The van der Waals surface area contributed by atoms with E-state index in [0.29, 0.717) is 57.8 Å². The smallest absolute Gasteiger partial charge is 0.460 e. The molecule has 0 radical (unpaired) electrons. The maximum atomic E-state index is 14.7. The van der Waals surface area contributed by atoms with E-state index in [1.54, 1.807) is 0 Å². The van der Waals surface area contributed by atoms with E-state index < -0.39 is 147 Å². The second kappa shape index (κ2) is 31.6. The Morgan fingerprint density at radius 1 is 0.215 bits per heavy atom. The molecule has 0 bridgehead atoms. The molecule has 4 rings (SSSR count). The molecular formula is C60H69F27O6. The lowest BCUT2D eigenvalue weighted by molar-refractivity contribution is -0.396. The van der Waals surface area contributed by atoms with Gasteiger partial charge in [-0.15, -0.1) is 0 Å². The maximum absolute atomic E-state index is 14.7. The molecule has 4 aromatic carbocycles. The lowest BCUT2D eigenvalue weighted by Crippen LogP contribution is -2.60. The maximum Gasteiger partial charge on any atom is 0.460 e. The fourth-order valence-electron chi connectivity index (χ4n) is 9.48. The number of rotatable bonds is 42. The number of hydrogen-bond acceptors (Lipinski definition) is 6. The minimum Gasteiger partial charge on any atom is -0.490 e. The third kappa shape index (κ3) is 18.4. The van der Waals surface area contributed by atoms with Gasteiger partial charge in [-0.1, -0.05) is 97.8 Å². The van der Waals surface area contributed by atoms with Gasteiger partial charge in [-0.25, -0.2) is 0 Å². The Morgan fingerprint density at radius 2 is 0.376 bits per heavy atom. The predicted octanol–water partition coefficient (Wildman–Crippen LogP) is 23.1. The van der Waals surface area contributed by atoms with Crippen LogP contribution in [0, 0.1) is 0 Å². The molecule has 33 heteroatoms. The zero-order valence-electron chi connectivity index (χ0n) is 50.2. The minimum atomic E-state index is -7.22. The minimum absolute atomic E-state index is 0.0130. The molecule has 0 amide bonds. The third-order valence-electron chi connectivity index (χ3n) is 14.9. The normalized spacial score (nSPS) is 14.0. The van der Waals surface area contributed by atoms with Gasteiger partial charge in [0.25, 0.3) is 0 Å². The van der Waals surface area contributed by atoms with Crippen molar-refractivity contribution in [1.82, 2.24) is 0 Å². The van der Waals surface area contributed by atoms with Gasteiger partial charge in [0.05, 0.1) is 39.6 Å². The largest absolute Gasteiger partial charge is 0.490 e. The van der Waals surface area contributed by atoms with Crippen molar-refractivity contribution in [3.8, 4) is 34.5 Å². The second-order valence-corrected chi connectivity index (χ2v) is 22.2. The highest BCUT2D eigenvalue weighted by Gasteiger charge is 2.83. The van der Waals surface area contributed by atoms with E-state index >= 15 is 0 Å². The highest BCUT2D eigenvalue weighted by molar-refractivity contribution is 6.26. The van der Waals surface area contributed by atoms with Crippen LogP contribution in [0.2, 0.25) is 0 Å². The summed E-state index contributed by atoms with van der Waals surface area (Å²) in [5.74, 6) is -63.2. The molecule has 0 saturated heterocycles. The standard InChI is InChI=1S/C60H69F27O6/c1-4-7-10-13-16-25-88-43-31-37-40(34-46(43)91-28-19-22-49(61,62)52(67,68)55(73,74)58(79,80)81)38-32-44(89-26-17-14-11-8-5-2)48(93-30-21-24-51(65,66)54(71,72)57(77,78)60(85,86)87)36-42(38)39-33-45(90-27-18-15-12-9-6-3)47(35-41(37)39)92-29-20-23-50(63,64)53(69,70)56(75,76)59(82,83)84/h31-36H,4-30H2,1-3H3. The van der Waals surface area contributed by atoms with Crippen molar-refractivity contribution in [2.75, 3.05) is 39.6 Å². The van der Waals surface area contributed by atoms with Crippen LogP contribution in [0.25, 0.3) is 32.3 Å². The highest BCUT2D eigenvalue weighted by atomic mass is 19.4. The second-order valence-electron chi connectivity index (χ2n) is 22.2. The summed E-state index contributed by atoms with van der Waals surface area (Å²) in [5, 5.41) is -0.291. The number of ether oxygens (including phenoxy) is 6. The Balaban J connectivity index is 2.06. The van der Waals surface area contributed by atoms with Crippen molar-refractivity contribution in [3.63, 3.8) is 0 Å². The molecule has 0 saturated carbocycles. The summed E-state index contributed by atoms with van der Waals surface area (Å²) in [6.07, 6.45) is -23.4. The van der Waals surface area contributed by atoms with Gasteiger partial charge in [-0.05, 0) is 107 Å². The summed E-state index contributed by atoms with van der Waals surface area (Å²) in [6, 6.07) is 6.89. The zero-order chi connectivity index (χ0) is 70.5. The van der Waals surface area contributed by atoms with E-state index in [1.165, 1.54) is 18.2 Å². The fourth-order valence-corrected chi connectivity index (χ4v) is 9.48. The van der Waals surface area contributed by atoms with Crippen molar-refractivity contribution in [2.24, 2.45) is 0 Å². The van der Waals surface area contributed by atoms with Crippen molar-refractivity contribution in [2.45, 2.75) is 227 Å². The van der Waals surface area contributed by atoms with Gasteiger partial charge >= 0.3 is 71.8 Å². The molecule has 0 heterocycles. The summed E-state index contributed by atoms with van der Waals surface area (Å²) >= 11 is 0. The molecule has 0 unspecified atom stereocenters. The van der Waals surface area contributed by atoms with Crippen molar-refractivity contribution < 1.29 is 147 Å². The van der Waals surface area contributed by atoms with Crippen molar-refractivity contribution in [3.05, 3.63) is 36.4 Å². The van der Waals surface area contributed by atoms with Crippen molar-refractivity contribution in [1.29, 1.82) is 0 Å². The van der Waals surface area contributed by atoms with Gasteiger partial charge in [0.2, 0.25) is 0 Å². The Kier molecular flexibility index (Phi) is 27.2. The molecule has 0 atom stereocenters. The molecule has 6 nitrogen and oxygen atoms in total. The number of halogens is 27. The molecule has 534 valence electrons. The zero-order valence-corrected chi connectivity index (χ0v) is 50.2. The quantitative estimate of drug-likeness (QED) is 0.0250. The van der Waals surface area contributed by atoms with E-state index in [9.17, 15) is 119 Å². The van der Waals surface area contributed by atoms with Crippen LogP contribution >= 0.6 is 0 Å². The van der Waals surface area contributed by atoms with Crippen LogP contribution < -0.4 is 28.4 Å². The molecule has 0 N–H and O–H groups in total. The lowest BCUT2D eigenvalue weighted by atomic mass is 9.93. The molecule has 0 fully saturated rings. The van der Waals surface area contributed by atoms with Crippen LogP contribution in [0.4, 0.5) is 119 Å². The van der Waals surface area contributed by atoms with Crippen LogP contribution in [0.15, 0.2) is 36.4 Å². The van der Waals surface area contributed by atoms with Crippen molar-refractivity contribution >= 4 is 32.3 Å². The van der Waals surface area contributed by atoms with Crippen LogP contribution in [-0.2, 0) is 0 Å². The molecule has 0 aliphatic rings. The Morgan fingerprint density at radius 3 is 0.538 bits per heavy atom. The first kappa shape index (κ1) is 80.0. The van der Waals surface area contributed by atoms with Gasteiger partial charge in [0.1, 0.15) is 0 Å². The first-order valence-electron chi connectivity index (χ1n) is 29.7. The van der Waals surface area contributed by atoms with E-state index in [-0.39, 0.29) is 69.4 Å². The van der Waals surface area contributed by atoms with Crippen LogP contribution in [0.5, 0.6) is 34.5 Å². The van der Waals surface area contributed by atoms with Gasteiger partial charge in [0.15, 0.2) is 34.5 Å². The van der Waals surface area contributed by atoms with Crippen LogP contribution in [-0.4, -0.2) is 111 Å². The van der Waals surface area contributed by atoms with Crippen LogP contribution in [0.3, 0.4) is 0 Å². The van der Waals surface area contributed by atoms with E-state index in [0.717, 1.165) is 56.7 Å². The Bertz CT molecular complexity index is 2650. The van der Waals surface area contributed by atoms with E-state index in [1.807, 2.05) is 20.8 Å². The van der Waals surface area contributed by atoms with Crippen LogP contribution in [0.1, 0.15) is 156 Å². The number of alkyl halides is 27. The SMILES string of the molecule is CCCCCCCOc1cc2c(cc1OCCCC(F)(F)C(F)(F)C(F)(F)C(F)(F)F)c1cc(OCCCCCCC)c(OCCCC(F)(F)C(F)(F)C(F)(F)C(F)(F)F)cc1c1cc(OCCCCCCC)c(OCCCC(F)(F)C(F)(F)C(F)(F)C(F)(F)F)cc21.